The minimum Gasteiger partial charge on any atom is -0.345 e. The van der Waals surface area contributed by atoms with Crippen molar-refractivity contribution >= 4 is 5.91 Å². The van der Waals surface area contributed by atoms with Crippen LogP contribution >= 0.6 is 0 Å². The van der Waals surface area contributed by atoms with Crippen LogP contribution in [0.25, 0.3) is 0 Å². The average Bonchev–Trinajstić information content (AvgIpc) is 2.19. The first kappa shape index (κ1) is 10.1. The monoisotopic (exact) mass is 179 g/mol. The van der Waals surface area contributed by atoms with Crippen molar-refractivity contribution in [2.45, 2.75) is 39.0 Å². The summed E-state index contributed by atoms with van der Waals surface area (Å²) in [5.74, 6) is 6.05. The molecule has 1 N–H and O–H groups in total. The quantitative estimate of drug-likeness (QED) is 0.642. The molecule has 1 aliphatic rings. The molecule has 0 radical (unpaired) electrons. The first-order valence-electron chi connectivity index (χ1n) is 5.02. The Bertz CT molecular complexity index is 218. The van der Waals surface area contributed by atoms with Gasteiger partial charge in [0.2, 0.25) is 5.91 Å². The third kappa shape index (κ3) is 3.50. The second-order valence-electron chi connectivity index (χ2n) is 3.48. The number of carbonyl (C=O) groups excluding carboxylic acids is 1. The van der Waals surface area contributed by atoms with Crippen molar-refractivity contribution in [3.05, 3.63) is 0 Å². The SMILES string of the molecule is CC#CCNC(=O)C1CCCCC1. The normalized spacial score (nSPS) is 17.3. The molecule has 1 amide bonds. The molecule has 0 aliphatic heterocycles. The van der Waals surface area contributed by atoms with Gasteiger partial charge in [0.15, 0.2) is 0 Å². The number of amides is 1. The van der Waals surface area contributed by atoms with Crippen molar-refractivity contribution in [1.82, 2.24) is 5.32 Å². The Morgan fingerprint density at radius 1 is 1.38 bits per heavy atom. The molecule has 2 nitrogen and oxygen atoms in total. The molecule has 1 rings (SSSR count). The molecule has 0 unspecified atom stereocenters. The maximum atomic E-state index is 11.5. The van der Waals surface area contributed by atoms with Crippen molar-refractivity contribution < 1.29 is 4.79 Å². The van der Waals surface area contributed by atoms with Gasteiger partial charge < -0.3 is 5.32 Å². The predicted octanol–water partition coefficient (Wildman–Crippen LogP) is 1.71. The van der Waals surface area contributed by atoms with E-state index in [0.717, 1.165) is 12.8 Å². The van der Waals surface area contributed by atoms with Gasteiger partial charge >= 0.3 is 0 Å². The van der Waals surface area contributed by atoms with Gasteiger partial charge in [0, 0.05) is 5.92 Å². The molecule has 0 aromatic carbocycles. The summed E-state index contributed by atoms with van der Waals surface area (Å²) in [6, 6.07) is 0. The zero-order chi connectivity index (χ0) is 9.52. The first-order valence-corrected chi connectivity index (χ1v) is 5.02. The Morgan fingerprint density at radius 3 is 2.69 bits per heavy atom. The largest absolute Gasteiger partial charge is 0.345 e. The fourth-order valence-corrected chi connectivity index (χ4v) is 1.73. The van der Waals surface area contributed by atoms with E-state index in [1.165, 1.54) is 19.3 Å². The molecule has 2 heteroatoms. The van der Waals surface area contributed by atoms with E-state index in [9.17, 15) is 4.79 Å². The zero-order valence-electron chi connectivity index (χ0n) is 8.23. The Balaban J connectivity index is 2.23. The van der Waals surface area contributed by atoms with Crippen LogP contribution in [0.4, 0.5) is 0 Å². The lowest BCUT2D eigenvalue weighted by Crippen LogP contribution is -2.32. The van der Waals surface area contributed by atoms with Gasteiger partial charge in [-0.3, -0.25) is 4.79 Å². The highest BCUT2D eigenvalue weighted by Gasteiger charge is 2.19. The summed E-state index contributed by atoms with van der Waals surface area (Å²) in [5.41, 5.74) is 0. The summed E-state index contributed by atoms with van der Waals surface area (Å²) in [4.78, 5) is 11.5. The van der Waals surface area contributed by atoms with Gasteiger partial charge in [0.25, 0.3) is 0 Å². The standard InChI is InChI=1S/C11H17NO/c1-2-3-9-12-11(13)10-7-5-4-6-8-10/h10H,4-9H2,1H3,(H,12,13). The fourth-order valence-electron chi connectivity index (χ4n) is 1.73. The molecule has 1 saturated carbocycles. The lowest BCUT2D eigenvalue weighted by atomic mass is 9.89. The highest BCUT2D eigenvalue weighted by Crippen LogP contribution is 2.23. The van der Waals surface area contributed by atoms with Crippen molar-refractivity contribution in [3.8, 4) is 11.8 Å². The summed E-state index contributed by atoms with van der Waals surface area (Å²) >= 11 is 0. The van der Waals surface area contributed by atoms with Gasteiger partial charge in [0.1, 0.15) is 0 Å². The van der Waals surface area contributed by atoms with Gasteiger partial charge in [-0.05, 0) is 19.8 Å². The van der Waals surface area contributed by atoms with Gasteiger partial charge in [0.05, 0.1) is 6.54 Å². The number of hydrogen-bond acceptors (Lipinski definition) is 1. The van der Waals surface area contributed by atoms with E-state index in [2.05, 4.69) is 17.2 Å². The fraction of sp³-hybridized carbons (Fsp3) is 0.727. The summed E-state index contributed by atoms with van der Waals surface area (Å²) < 4.78 is 0. The lowest BCUT2D eigenvalue weighted by molar-refractivity contribution is -0.125. The number of carbonyl (C=O) groups is 1. The Hall–Kier alpha value is -0.970. The van der Waals surface area contributed by atoms with Crippen LogP contribution in [0, 0.1) is 17.8 Å². The van der Waals surface area contributed by atoms with Gasteiger partial charge in [-0.1, -0.05) is 25.2 Å². The van der Waals surface area contributed by atoms with Crippen LogP contribution in [0.3, 0.4) is 0 Å². The van der Waals surface area contributed by atoms with Crippen LogP contribution < -0.4 is 5.32 Å². The Labute approximate surface area is 80.1 Å². The second kappa shape index (κ2) is 5.64. The molecule has 0 aromatic heterocycles. The highest BCUT2D eigenvalue weighted by atomic mass is 16.1. The van der Waals surface area contributed by atoms with Crippen molar-refractivity contribution in [2.75, 3.05) is 6.54 Å². The molecular formula is C11H17NO. The minimum atomic E-state index is 0.197. The third-order valence-corrected chi connectivity index (χ3v) is 2.50. The number of hydrogen-bond donors (Lipinski definition) is 1. The van der Waals surface area contributed by atoms with Gasteiger partial charge in [-0.15, -0.1) is 5.92 Å². The van der Waals surface area contributed by atoms with E-state index in [4.69, 9.17) is 0 Å². The summed E-state index contributed by atoms with van der Waals surface area (Å²) in [7, 11) is 0. The second-order valence-corrected chi connectivity index (χ2v) is 3.48. The molecule has 1 fully saturated rings. The number of nitrogens with one attached hydrogen (secondary N) is 1. The van der Waals surface area contributed by atoms with Crippen LogP contribution in [-0.4, -0.2) is 12.5 Å². The summed E-state index contributed by atoms with van der Waals surface area (Å²) in [6.07, 6.45) is 5.82. The van der Waals surface area contributed by atoms with E-state index < -0.39 is 0 Å². The zero-order valence-corrected chi connectivity index (χ0v) is 8.23. The molecule has 0 bridgehead atoms. The number of rotatable bonds is 2. The minimum absolute atomic E-state index is 0.197. The van der Waals surface area contributed by atoms with Crippen LogP contribution in [0.5, 0.6) is 0 Å². The molecule has 0 heterocycles. The lowest BCUT2D eigenvalue weighted by Gasteiger charge is -2.19. The molecule has 1 aliphatic carbocycles. The highest BCUT2D eigenvalue weighted by molar-refractivity contribution is 5.78. The maximum Gasteiger partial charge on any atom is 0.223 e. The van der Waals surface area contributed by atoms with E-state index >= 15 is 0 Å². The molecular weight excluding hydrogens is 162 g/mol. The van der Waals surface area contributed by atoms with Crippen LogP contribution in [-0.2, 0) is 4.79 Å². The van der Waals surface area contributed by atoms with Crippen molar-refractivity contribution in [2.24, 2.45) is 5.92 Å². The smallest absolute Gasteiger partial charge is 0.223 e. The van der Waals surface area contributed by atoms with E-state index in [0.29, 0.717) is 6.54 Å². The third-order valence-electron chi connectivity index (χ3n) is 2.50. The van der Waals surface area contributed by atoms with E-state index in [1.54, 1.807) is 6.92 Å². The molecule has 0 aromatic rings. The topological polar surface area (TPSA) is 29.1 Å². The van der Waals surface area contributed by atoms with E-state index in [-0.39, 0.29) is 11.8 Å². The van der Waals surface area contributed by atoms with Crippen LogP contribution in [0.1, 0.15) is 39.0 Å². The van der Waals surface area contributed by atoms with Crippen LogP contribution in [0.15, 0.2) is 0 Å². The van der Waals surface area contributed by atoms with Gasteiger partial charge in [-0.25, -0.2) is 0 Å². The molecule has 0 saturated heterocycles. The Kier molecular flexibility index (Phi) is 4.39. The van der Waals surface area contributed by atoms with E-state index in [1.807, 2.05) is 0 Å². The maximum absolute atomic E-state index is 11.5. The first-order chi connectivity index (χ1) is 6.34. The Morgan fingerprint density at radius 2 is 2.08 bits per heavy atom. The molecule has 0 spiro atoms. The van der Waals surface area contributed by atoms with Crippen molar-refractivity contribution in [1.29, 1.82) is 0 Å². The molecule has 0 atom stereocenters. The average molecular weight is 179 g/mol. The van der Waals surface area contributed by atoms with Crippen molar-refractivity contribution in [3.63, 3.8) is 0 Å². The molecule has 72 valence electrons. The summed E-state index contributed by atoms with van der Waals surface area (Å²) in [5, 5.41) is 2.84. The predicted molar refractivity (Wildman–Crippen MR) is 53.0 cm³/mol. The van der Waals surface area contributed by atoms with Crippen LogP contribution in [0.2, 0.25) is 0 Å². The van der Waals surface area contributed by atoms with Gasteiger partial charge in [-0.2, -0.15) is 0 Å². The molecule has 13 heavy (non-hydrogen) atoms. The summed E-state index contributed by atoms with van der Waals surface area (Å²) in [6.45, 7) is 2.29.